The maximum absolute atomic E-state index is 13.2. The summed E-state index contributed by atoms with van der Waals surface area (Å²) in [7, 11) is -3.65. The topological polar surface area (TPSA) is 99.6 Å². The SMILES string of the molecule is CC(C)(C)S(=O)(=O)c1cn2c(-c3cc(N)nc(Cl)c3)cnc2cc1OC1CC1. The number of sulfone groups is 1. The Kier molecular flexibility index (Phi) is 4.31. The Bertz CT molecular complexity index is 1160. The molecule has 2 N–H and O–H groups in total. The van der Waals surface area contributed by atoms with Crippen molar-refractivity contribution >= 4 is 32.9 Å². The molecule has 148 valence electrons. The Labute approximate surface area is 168 Å². The number of halogens is 1. The number of nitrogen functional groups attached to an aromatic ring is 1. The zero-order valence-electron chi connectivity index (χ0n) is 15.8. The molecule has 9 heteroatoms. The van der Waals surface area contributed by atoms with Crippen molar-refractivity contribution in [2.45, 2.75) is 49.4 Å². The summed E-state index contributed by atoms with van der Waals surface area (Å²) < 4.78 is 33.1. The third-order valence-electron chi connectivity index (χ3n) is 4.60. The third kappa shape index (κ3) is 3.31. The minimum Gasteiger partial charge on any atom is -0.489 e. The van der Waals surface area contributed by atoms with Gasteiger partial charge < -0.3 is 10.5 Å². The van der Waals surface area contributed by atoms with Gasteiger partial charge in [-0.05, 0) is 45.7 Å². The van der Waals surface area contributed by atoms with E-state index in [1.54, 1.807) is 55.8 Å². The van der Waals surface area contributed by atoms with Crippen LogP contribution in [0.1, 0.15) is 33.6 Å². The Hall–Kier alpha value is -2.32. The number of rotatable bonds is 4. The highest BCUT2D eigenvalue weighted by Crippen LogP contribution is 2.37. The van der Waals surface area contributed by atoms with Crippen LogP contribution in [0.25, 0.3) is 16.9 Å². The minimum absolute atomic E-state index is 0.0598. The number of ether oxygens (including phenoxy) is 1. The van der Waals surface area contributed by atoms with E-state index >= 15 is 0 Å². The second-order valence-electron chi connectivity index (χ2n) is 7.91. The van der Waals surface area contributed by atoms with Crippen molar-refractivity contribution in [2.75, 3.05) is 5.73 Å². The summed E-state index contributed by atoms with van der Waals surface area (Å²) in [6, 6.07) is 5.00. The fourth-order valence-corrected chi connectivity index (χ4v) is 4.35. The van der Waals surface area contributed by atoms with Crippen LogP contribution in [0, 0.1) is 0 Å². The fraction of sp³-hybridized carbons (Fsp3) is 0.368. The van der Waals surface area contributed by atoms with Crippen LogP contribution in [-0.4, -0.2) is 33.6 Å². The monoisotopic (exact) mass is 420 g/mol. The maximum atomic E-state index is 13.2. The van der Waals surface area contributed by atoms with Crippen LogP contribution in [-0.2, 0) is 9.84 Å². The number of hydrogen-bond donors (Lipinski definition) is 1. The van der Waals surface area contributed by atoms with Crippen molar-refractivity contribution in [3.8, 4) is 17.0 Å². The largest absolute Gasteiger partial charge is 0.489 e. The number of nitrogens with zero attached hydrogens (tertiary/aromatic N) is 3. The van der Waals surface area contributed by atoms with Crippen molar-refractivity contribution in [3.05, 3.63) is 35.7 Å². The molecule has 0 amide bonds. The minimum atomic E-state index is -3.65. The number of anilines is 1. The lowest BCUT2D eigenvalue weighted by molar-refractivity contribution is 0.294. The summed E-state index contributed by atoms with van der Waals surface area (Å²) in [5.74, 6) is 0.614. The third-order valence-corrected chi connectivity index (χ3v) is 7.29. The molecule has 0 spiro atoms. The van der Waals surface area contributed by atoms with E-state index in [1.807, 2.05) is 0 Å². The lowest BCUT2D eigenvalue weighted by Crippen LogP contribution is -2.28. The molecule has 0 atom stereocenters. The molecular formula is C19H21ClN4O3S. The van der Waals surface area contributed by atoms with Crippen molar-refractivity contribution < 1.29 is 13.2 Å². The van der Waals surface area contributed by atoms with Gasteiger partial charge >= 0.3 is 0 Å². The van der Waals surface area contributed by atoms with E-state index in [0.29, 0.717) is 22.7 Å². The molecule has 0 radical (unpaired) electrons. The van der Waals surface area contributed by atoms with Crippen molar-refractivity contribution in [3.63, 3.8) is 0 Å². The van der Waals surface area contributed by atoms with Gasteiger partial charge in [0.05, 0.1) is 22.7 Å². The Balaban J connectivity index is 1.96. The summed E-state index contributed by atoms with van der Waals surface area (Å²) in [5, 5.41) is 0.251. The molecule has 3 aromatic heterocycles. The molecule has 0 bridgehead atoms. The van der Waals surface area contributed by atoms with Gasteiger partial charge in [0.1, 0.15) is 27.3 Å². The second-order valence-corrected chi connectivity index (χ2v) is 11.0. The lowest BCUT2D eigenvalue weighted by atomic mass is 10.2. The van der Waals surface area contributed by atoms with E-state index in [4.69, 9.17) is 22.1 Å². The van der Waals surface area contributed by atoms with Gasteiger partial charge in [0.15, 0.2) is 9.84 Å². The molecule has 1 saturated carbocycles. The molecule has 4 rings (SSSR count). The van der Waals surface area contributed by atoms with Crippen LogP contribution in [0.2, 0.25) is 5.15 Å². The lowest BCUT2D eigenvalue weighted by Gasteiger charge is -2.22. The zero-order valence-corrected chi connectivity index (χ0v) is 17.4. The first-order valence-corrected chi connectivity index (χ1v) is 10.8. The van der Waals surface area contributed by atoms with Crippen LogP contribution in [0.3, 0.4) is 0 Å². The second kappa shape index (κ2) is 6.35. The first-order chi connectivity index (χ1) is 13.1. The smallest absolute Gasteiger partial charge is 0.188 e. The number of aromatic nitrogens is 3. The van der Waals surface area contributed by atoms with Gasteiger partial charge in [0, 0.05) is 17.8 Å². The maximum Gasteiger partial charge on any atom is 0.188 e. The summed E-state index contributed by atoms with van der Waals surface area (Å²) in [6.07, 6.45) is 5.13. The molecular weight excluding hydrogens is 400 g/mol. The van der Waals surface area contributed by atoms with Crippen LogP contribution in [0.15, 0.2) is 35.5 Å². The predicted molar refractivity (Wildman–Crippen MR) is 108 cm³/mol. The van der Waals surface area contributed by atoms with Crippen molar-refractivity contribution in [2.24, 2.45) is 0 Å². The highest BCUT2D eigenvalue weighted by molar-refractivity contribution is 7.92. The standard InChI is InChI=1S/C19H21ClN4O3S/c1-19(2,3)28(25,26)15-10-24-13(11-6-16(20)23-17(21)7-11)9-22-18(24)8-14(15)27-12-4-5-12/h6-10,12H,4-5H2,1-3H3,(H2,21,23). The predicted octanol–water partition coefficient (Wildman–Crippen LogP) is 3.75. The van der Waals surface area contributed by atoms with Crippen LogP contribution >= 0.6 is 11.6 Å². The molecule has 1 aliphatic carbocycles. The zero-order chi connectivity index (χ0) is 20.3. The van der Waals surface area contributed by atoms with Gasteiger partial charge in [-0.15, -0.1) is 0 Å². The van der Waals surface area contributed by atoms with E-state index in [9.17, 15) is 8.42 Å². The van der Waals surface area contributed by atoms with Gasteiger partial charge in [-0.25, -0.2) is 18.4 Å². The first-order valence-electron chi connectivity index (χ1n) is 8.92. The molecule has 0 aliphatic heterocycles. The Morgan fingerprint density at radius 2 is 1.96 bits per heavy atom. The highest BCUT2D eigenvalue weighted by Gasteiger charge is 2.36. The van der Waals surface area contributed by atoms with E-state index in [-0.39, 0.29) is 22.0 Å². The molecule has 0 unspecified atom stereocenters. The number of fused-ring (bicyclic) bond motifs is 1. The van der Waals surface area contributed by atoms with E-state index in [1.165, 1.54) is 0 Å². The molecule has 0 aromatic carbocycles. The van der Waals surface area contributed by atoms with E-state index < -0.39 is 14.6 Å². The quantitative estimate of drug-likeness (QED) is 0.645. The van der Waals surface area contributed by atoms with E-state index in [0.717, 1.165) is 12.8 Å². The molecule has 3 aromatic rings. The molecule has 7 nitrogen and oxygen atoms in total. The van der Waals surface area contributed by atoms with Crippen molar-refractivity contribution in [1.82, 2.24) is 14.4 Å². The highest BCUT2D eigenvalue weighted by atomic mass is 35.5. The summed E-state index contributed by atoms with van der Waals surface area (Å²) >= 11 is 6.03. The summed E-state index contributed by atoms with van der Waals surface area (Å²) in [6.45, 7) is 5.02. The number of nitrogens with two attached hydrogens (primary N) is 1. The number of hydrogen-bond acceptors (Lipinski definition) is 6. The van der Waals surface area contributed by atoms with E-state index in [2.05, 4.69) is 9.97 Å². The van der Waals surface area contributed by atoms with Crippen LogP contribution in [0.4, 0.5) is 5.82 Å². The Morgan fingerprint density at radius 3 is 2.57 bits per heavy atom. The summed E-state index contributed by atoms with van der Waals surface area (Å²) in [5.41, 5.74) is 7.74. The average Bonchev–Trinajstić information content (AvgIpc) is 3.29. The number of pyridine rings is 2. The summed E-state index contributed by atoms with van der Waals surface area (Å²) in [4.78, 5) is 8.52. The van der Waals surface area contributed by atoms with Gasteiger partial charge in [-0.3, -0.25) is 4.40 Å². The fourth-order valence-electron chi connectivity index (χ4n) is 2.85. The van der Waals surface area contributed by atoms with Gasteiger partial charge in [0.2, 0.25) is 0 Å². The average molecular weight is 421 g/mol. The van der Waals surface area contributed by atoms with Gasteiger partial charge in [0.25, 0.3) is 0 Å². The molecule has 0 saturated heterocycles. The molecule has 28 heavy (non-hydrogen) atoms. The van der Waals surface area contributed by atoms with Crippen molar-refractivity contribution in [1.29, 1.82) is 0 Å². The molecule has 1 aliphatic rings. The first kappa shape index (κ1) is 19.0. The van der Waals surface area contributed by atoms with Gasteiger partial charge in [-0.2, -0.15) is 0 Å². The van der Waals surface area contributed by atoms with Crippen LogP contribution < -0.4 is 10.5 Å². The van der Waals surface area contributed by atoms with Gasteiger partial charge in [-0.1, -0.05) is 11.6 Å². The van der Waals surface area contributed by atoms with Crippen LogP contribution in [0.5, 0.6) is 5.75 Å². The Morgan fingerprint density at radius 1 is 1.25 bits per heavy atom. The molecule has 3 heterocycles. The molecule has 1 fully saturated rings. The number of imidazole rings is 1. The normalized spacial score (nSPS) is 15.1.